The molecule has 0 saturated carbocycles. The van der Waals surface area contributed by atoms with Crippen LogP contribution in [-0.2, 0) is 0 Å². The third kappa shape index (κ3) is 4.32. The molecule has 1 fully saturated rings. The fourth-order valence-corrected chi connectivity index (χ4v) is 4.36. The summed E-state index contributed by atoms with van der Waals surface area (Å²) in [5.41, 5.74) is 2.52. The Morgan fingerprint density at radius 1 is 1.19 bits per heavy atom. The van der Waals surface area contributed by atoms with Crippen molar-refractivity contribution in [2.75, 3.05) is 19.7 Å². The van der Waals surface area contributed by atoms with Crippen molar-refractivity contribution in [1.82, 2.24) is 10.3 Å². The van der Waals surface area contributed by atoms with Gasteiger partial charge in [0.05, 0.1) is 17.0 Å². The first-order chi connectivity index (χ1) is 13.0. The molecule has 27 heavy (non-hydrogen) atoms. The van der Waals surface area contributed by atoms with Crippen molar-refractivity contribution < 1.29 is 9.84 Å². The van der Waals surface area contributed by atoms with E-state index in [9.17, 15) is 5.11 Å². The van der Waals surface area contributed by atoms with E-state index in [4.69, 9.17) is 9.72 Å². The van der Waals surface area contributed by atoms with E-state index >= 15 is 0 Å². The van der Waals surface area contributed by atoms with E-state index < -0.39 is 5.60 Å². The summed E-state index contributed by atoms with van der Waals surface area (Å²) in [7, 11) is 0. The normalized spacial score (nSPS) is 16.0. The number of fused-ring (bicyclic) bond motifs is 1. The van der Waals surface area contributed by atoms with Crippen LogP contribution in [0.5, 0.6) is 5.75 Å². The first-order valence-electron chi connectivity index (χ1n) is 9.54. The van der Waals surface area contributed by atoms with E-state index in [0.717, 1.165) is 42.9 Å². The van der Waals surface area contributed by atoms with Crippen molar-refractivity contribution >= 4 is 21.4 Å². The number of nitrogens with zero attached hydrogens (tertiary/aromatic N) is 1. The van der Waals surface area contributed by atoms with Gasteiger partial charge in [0, 0.05) is 21.6 Å². The molecular weight excluding hydrogens is 356 g/mol. The molecule has 0 aliphatic carbocycles. The van der Waals surface area contributed by atoms with Crippen LogP contribution in [0.1, 0.15) is 38.3 Å². The Kier molecular flexibility index (Phi) is 5.17. The molecule has 0 amide bonds. The van der Waals surface area contributed by atoms with E-state index in [0.29, 0.717) is 5.92 Å². The average Bonchev–Trinajstić information content (AvgIpc) is 3.15. The topological polar surface area (TPSA) is 54.4 Å². The van der Waals surface area contributed by atoms with Gasteiger partial charge in [-0.1, -0.05) is 0 Å². The molecular formula is C22H26N2O2S. The van der Waals surface area contributed by atoms with E-state index in [1.54, 1.807) is 25.2 Å². The Bertz CT molecular complexity index is 906. The molecule has 0 unspecified atom stereocenters. The number of benzene rings is 1. The summed E-state index contributed by atoms with van der Waals surface area (Å²) < 4.78 is 6.96. The number of pyridine rings is 1. The minimum atomic E-state index is -0.839. The summed E-state index contributed by atoms with van der Waals surface area (Å²) in [6.07, 6.45) is 2.29. The Morgan fingerprint density at radius 3 is 2.63 bits per heavy atom. The Hall–Kier alpha value is -1.95. The maximum Gasteiger partial charge on any atom is 0.119 e. The standard InChI is InChI=1S/C22H26N2O2S/c1-22(2,25)14-26-17-5-3-15(4-6-17)19-13-20-18(9-12-27-20)21(24-19)16-7-10-23-11-8-16/h3-6,9,12-13,16,23,25H,7-8,10-11,14H2,1-2H3. The third-order valence-corrected chi connectivity index (χ3v) is 5.81. The van der Waals surface area contributed by atoms with Gasteiger partial charge in [-0.2, -0.15) is 0 Å². The van der Waals surface area contributed by atoms with Gasteiger partial charge in [0.1, 0.15) is 12.4 Å². The van der Waals surface area contributed by atoms with Crippen LogP contribution in [0.4, 0.5) is 0 Å². The number of rotatable bonds is 5. The Labute approximate surface area is 164 Å². The summed E-state index contributed by atoms with van der Waals surface area (Å²) in [4.78, 5) is 5.08. The van der Waals surface area contributed by atoms with Crippen LogP contribution < -0.4 is 10.1 Å². The number of aliphatic hydroxyl groups is 1. The molecule has 1 aliphatic heterocycles. The molecule has 1 aromatic carbocycles. The van der Waals surface area contributed by atoms with Gasteiger partial charge in [0.25, 0.3) is 0 Å². The van der Waals surface area contributed by atoms with Gasteiger partial charge in [0.15, 0.2) is 0 Å². The highest BCUT2D eigenvalue weighted by atomic mass is 32.1. The zero-order chi connectivity index (χ0) is 18.9. The molecule has 4 nitrogen and oxygen atoms in total. The van der Waals surface area contributed by atoms with Crippen molar-refractivity contribution in [3.63, 3.8) is 0 Å². The van der Waals surface area contributed by atoms with E-state index in [2.05, 4.69) is 22.8 Å². The lowest BCUT2D eigenvalue weighted by Crippen LogP contribution is -2.27. The number of hydrogen-bond donors (Lipinski definition) is 2. The molecule has 1 saturated heterocycles. The van der Waals surface area contributed by atoms with Crippen LogP contribution in [0, 0.1) is 0 Å². The van der Waals surface area contributed by atoms with E-state index in [-0.39, 0.29) is 6.61 Å². The van der Waals surface area contributed by atoms with Crippen molar-refractivity contribution in [3.8, 4) is 17.0 Å². The molecule has 2 aromatic heterocycles. The van der Waals surface area contributed by atoms with Crippen molar-refractivity contribution in [2.24, 2.45) is 0 Å². The van der Waals surface area contributed by atoms with Crippen LogP contribution in [-0.4, -0.2) is 35.4 Å². The monoisotopic (exact) mass is 382 g/mol. The lowest BCUT2D eigenvalue weighted by Gasteiger charge is -2.23. The van der Waals surface area contributed by atoms with Gasteiger partial charge in [-0.15, -0.1) is 11.3 Å². The van der Waals surface area contributed by atoms with Gasteiger partial charge in [-0.25, -0.2) is 0 Å². The van der Waals surface area contributed by atoms with E-state index in [1.165, 1.54) is 15.8 Å². The minimum Gasteiger partial charge on any atom is -0.491 e. The van der Waals surface area contributed by atoms with Crippen molar-refractivity contribution in [1.29, 1.82) is 0 Å². The van der Waals surface area contributed by atoms with Gasteiger partial charge in [-0.05, 0) is 81.6 Å². The minimum absolute atomic E-state index is 0.269. The molecule has 3 aromatic rings. The van der Waals surface area contributed by atoms with Crippen LogP contribution >= 0.6 is 11.3 Å². The van der Waals surface area contributed by atoms with Gasteiger partial charge in [0.2, 0.25) is 0 Å². The second kappa shape index (κ2) is 7.58. The van der Waals surface area contributed by atoms with Crippen LogP contribution in [0.2, 0.25) is 0 Å². The molecule has 142 valence electrons. The quantitative estimate of drug-likeness (QED) is 0.678. The number of thiophene rings is 1. The number of aromatic nitrogens is 1. The number of nitrogens with one attached hydrogen (secondary N) is 1. The summed E-state index contributed by atoms with van der Waals surface area (Å²) in [6.45, 7) is 5.88. The molecule has 4 rings (SSSR count). The highest BCUT2D eigenvalue weighted by Gasteiger charge is 2.20. The van der Waals surface area contributed by atoms with Crippen molar-refractivity contribution in [3.05, 3.63) is 47.5 Å². The maximum atomic E-state index is 9.81. The predicted octanol–water partition coefficient (Wildman–Crippen LogP) is 4.58. The van der Waals surface area contributed by atoms with E-state index in [1.807, 2.05) is 24.3 Å². The summed E-state index contributed by atoms with van der Waals surface area (Å²) in [5, 5.41) is 16.7. The van der Waals surface area contributed by atoms with Gasteiger partial charge in [-0.3, -0.25) is 4.98 Å². The first kappa shape index (κ1) is 18.4. The van der Waals surface area contributed by atoms with Crippen LogP contribution in [0.25, 0.3) is 21.3 Å². The SMILES string of the molecule is CC(C)(O)COc1ccc(-c2cc3sccc3c(C3CCNCC3)n2)cc1. The molecule has 3 heterocycles. The fraction of sp³-hybridized carbons (Fsp3) is 0.409. The average molecular weight is 383 g/mol. The molecule has 5 heteroatoms. The highest BCUT2D eigenvalue weighted by molar-refractivity contribution is 7.17. The molecule has 0 radical (unpaired) electrons. The molecule has 0 bridgehead atoms. The maximum absolute atomic E-state index is 9.81. The zero-order valence-corrected chi connectivity index (χ0v) is 16.7. The summed E-state index contributed by atoms with van der Waals surface area (Å²) >= 11 is 1.78. The summed E-state index contributed by atoms with van der Waals surface area (Å²) in [6, 6.07) is 12.4. The van der Waals surface area contributed by atoms with Crippen molar-refractivity contribution in [2.45, 2.75) is 38.2 Å². The molecule has 1 aliphatic rings. The molecule has 0 spiro atoms. The van der Waals surface area contributed by atoms with Gasteiger partial charge < -0.3 is 15.2 Å². The fourth-order valence-electron chi connectivity index (χ4n) is 3.53. The number of hydrogen-bond acceptors (Lipinski definition) is 5. The molecule has 0 atom stereocenters. The lowest BCUT2D eigenvalue weighted by molar-refractivity contribution is 0.0285. The Morgan fingerprint density at radius 2 is 1.93 bits per heavy atom. The van der Waals surface area contributed by atoms with Crippen LogP contribution in [0.3, 0.4) is 0 Å². The van der Waals surface area contributed by atoms with Gasteiger partial charge >= 0.3 is 0 Å². The Balaban J connectivity index is 1.63. The highest BCUT2D eigenvalue weighted by Crippen LogP contribution is 2.35. The third-order valence-electron chi connectivity index (χ3n) is 4.95. The number of ether oxygens (including phenoxy) is 1. The second-order valence-electron chi connectivity index (χ2n) is 7.87. The van der Waals surface area contributed by atoms with Crippen LogP contribution in [0.15, 0.2) is 41.8 Å². The lowest BCUT2D eigenvalue weighted by atomic mass is 9.92. The number of piperidine rings is 1. The zero-order valence-electron chi connectivity index (χ0n) is 15.9. The second-order valence-corrected chi connectivity index (χ2v) is 8.82. The summed E-state index contributed by atoms with van der Waals surface area (Å²) in [5.74, 6) is 1.29. The first-order valence-corrected chi connectivity index (χ1v) is 10.4. The smallest absolute Gasteiger partial charge is 0.119 e. The predicted molar refractivity (Wildman–Crippen MR) is 112 cm³/mol. The molecule has 2 N–H and O–H groups in total. The largest absolute Gasteiger partial charge is 0.491 e.